The predicted octanol–water partition coefficient (Wildman–Crippen LogP) is 0.697. The number of amidine groups is 1. The van der Waals surface area contributed by atoms with Crippen LogP contribution in [0.25, 0.3) is 0 Å². The molecule has 0 radical (unpaired) electrons. The Labute approximate surface area is 133 Å². The van der Waals surface area contributed by atoms with Crippen LogP contribution < -0.4 is 5.32 Å². The van der Waals surface area contributed by atoms with Crippen molar-refractivity contribution in [2.24, 2.45) is 10.2 Å². The summed E-state index contributed by atoms with van der Waals surface area (Å²) in [6.07, 6.45) is 0.747. The number of nitrogens with one attached hydrogen (secondary N) is 1. The minimum Gasteiger partial charge on any atom is -0.502 e. The molecule has 1 aromatic rings. The van der Waals surface area contributed by atoms with E-state index in [1.54, 1.807) is 0 Å². The van der Waals surface area contributed by atoms with Gasteiger partial charge in [0.05, 0.1) is 17.6 Å². The molecule has 10 nitrogen and oxygen atoms in total. The van der Waals surface area contributed by atoms with Gasteiger partial charge in [-0.05, 0) is 6.07 Å². The minimum absolute atomic E-state index is 0.0833. The molecule has 23 heavy (non-hydrogen) atoms. The molecule has 0 saturated carbocycles. The van der Waals surface area contributed by atoms with Crippen molar-refractivity contribution < 1.29 is 24.7 Å². The number of aromatic hydroxyl groups is 1. The van der Waals surface area contributed by atoms with Gasteiger partial charge in [0.1, 0.15) is 5.25 Å². The van der Waals surface area contributed by atoms with Crippen LogP contribution >= 0.6 is 11.8 Å². The van der Waals surface area contributed by atoms with Crippen molar-refractivity contribution in [3.8, 4) is 5.75 Å². The van der Waals surface area contributed by atoms with E-state index in [1.807, 2.05) is 0 Å². The Balaban J connectivity index is 2.10. The molecule has 1 fully saturated rings. The van der Waals surface area contributed by atoms with Crippen molar-refractivity contribution in [3.63, 3.8) is 0 Å². The summed E-state index contributed by atoms with van der Waals surface area (Å²) in [7, 11) is 0. The molecule has 1 amide bonds. The molecule has 0 aromatic heterocycles. The molecule has 1 aliphatic heterocycles. The van der Waals surface area contributed by atoms with Crippen molar-refractivity contribution in [2.45, 2.75) is 11.7 Å². The average Bonchev–Trinajstić information content (AvgIpc) is 2.80. The van der Waals surface area contributed by atoms with Crippen LogP contribution in [-0.4, -0.2) is 43.6 Å². The quantitative estimate of drug-likeness (QED) is 0.405. The van der Waals surface area contributed by atoms with Crippen molar-refractivity contribution in [1.82, 2.24) is 5.32 Å². The number of hydrogen-bond acceptors (Lipinski definition) is 8. The Morgan fingerprint density at radius 2 is 2.26 bits per heavy atom. The van der Waals surface area contributed by atoms with Crippen LogP contribution in [0.4, 0.5) is 5.69 Å². The molecule has 11 heteroatoms. The smallest absolute Gasteiger partial charge is 0.311 e. The fourth-order valence-corrected chi connectivity index (χ4v) is 2.60. The number of carbonyl (C=O) groups excluding carboxylic acids is 1. The lowest BCUT2D eigenvalue weighted by Crippen LogP contribution is -2.26. The molecule has 0 spiro atoms. The number of nitro benzene ring substituents is 1. The van der Waals surface area contributed by atoms with Crippen LogP contribution in [0.2, 0.25) is 0 Å². The lowest BCUT2D eigenvalue weighted by molar-refractivity contribution is -0.385. The minimum atomic E-state index is -1.11. The lowest BCUT2D eigenvalue weighted by Gasteiger charge is -1.98. The summed E-state index contributed by atoms with van der Waals surface area (Å²) in [6, 6.07) is 3.92. The van der Waals surface area contributed by atoms with E-state index >= 15 is 0 Å². The van der Waals surface area contributed by atoms with Crippen LogP contribution in [0.15, 0.2) is 28.4 Å². The largest absolute Gasteiger partial charge is 0.502 e. The summed E-state index contributed by atoms with van der Waals surface area (Å²) in [5.41, 5.74) is -0.383. The zero-order valence-electron chi connectivity index (χ0n) is 11.4. The second kappa shape index (κ2) is 6.87. The molecule has 1 aliphatic rings. The van der Waals surface area contributed by atoms with E-state index in [4.69, 9.17) is 5.11 Å². The van der Waals surface area contributed by atoms with Gasteiger partial charge in [-0.25, -0.2) is 0 Å². The fourth-order valence-electron chi connectivity index (χ4n) is 1.69. The second-order valence-electron chi connectivity index (χ2n) is 4.32. The SMILES string of the molecule is O=C(O)CC1S/C(=N/N=C/c2cccc([N+](=O)[O-])c2O)NC1=O. The van der Waals surface area contributed by atoms with Crippen molar-refractivity contribution >= 4 is 40.7 Å². The highest BCUT2D eigenvalue weighted by Crippen LogP contribution is 2.28. The van der Waals surface area contributed by atoms with Gasteiger partial charge < -0.3 is 15.5 Å². The van der Waals surface area contributed by atoms with E-state index in [2.05, 4.69) is 15.5 Å². The standard InChI is InChI=1S/C12H10N4O6S/c17-9(18)4-8-11(20)14-12(23-8)15-13-5-6-2-1-3-7(10(6)19)16(21)22/h1-3,5,8,19H,4H2,(H,17,18)(H,14,15,20)/b13-5+. The van der Waals surface area contributed by atoms with Crippen LogP contribution in [-0.2, 0) is 9.59 Å². The second-order valence-corrected chi connectivity index (χ2v) is 5.51. The molecule has 1 saturated heterocycles. The van der Waals surface area contributed by atoms with E-state index < -0.39 is 33.5 Å². The average molecular weight is 338 g/mol. The number of nitro groups is 1. The van der Waals surface area contributed by atoms with Gasteiger partial charge in [0.25, 0.3) is 0 Å². The first-order chi connectivity index (χ1) is 10.9. The highest BCUT2D eigenvalue weighted by Gasteiger charge is 2.32. The molecule has 3 N–H and O–H groups in total. The van der Waals surface area contributed by atoms with E-state index in [9.17, 15) is 24.8 Å². The summed E-state index contributed by atoms with van der Waals surface area (Å²) in [4.78, 5) is 32.0. The fraction of sp³-hybridized carbons (Fsp3) is 0.167. The number of phenolic OH excluding ortho intramolecular Hbond substituents is 1. The van der Waals surface area contributed by atoms with Crippen molar-refractivity contribution in [1.29, 1.82) is 0 Å². The predicted molar refractivity (Wildman–Crippen MR) is 81.6 cm³/mol. The molecule has 2 rings (SSSR count). The number of benzene rings is 1. The molecule has 0 aliphatic carbocycles. The van der Waals surface area contributed by atoms with Gasteiger partial charge in [-0.2, -0.15) is 5.10 Å². The molecular weight excluding hydrogens is 328 g/mol. The molecule has 0 bridgehead atoms. The Morgan fingerprint density at radius 3 is 2.91 bits per heavy atom. The summed E-state index contributed by atoms with van der Waals surface area (Å²) in [5, 5.41) is 38.1. The number of aliphatic carboxylic acids is 1. The number of hydrogen-bond donors (Lipinski definition) is 3. The Kier molecular flexibility index (Phi) is 4.91. The number of carbonyl (C=O) groups is 2. The lowest BCUT2D eigenvalue weighted by atomic mass is 10.2. The summed E-state index contributed by atoms with van der Waals surface area (Å²) < 4.78 is 0. The Bertz CT molecular complexity index is 732. The van der Waals surface area contributed by atoms with E-state index in [0.29, 0.717) is 0 Å². The first-order valence-electron chi connectivity index (χ1n) is 6.15. The summed E-state index contributed by atoms with van der Waals surface area (Å²) in [6.45, 7) is 0. The van der Waals surface area contributed by atoms with Crippen LogP contribution in [0, 0.1) is 10.1 Å². The highest BCUT2D eigenvalue weighted by molar-refractivity contribution is 8.15. The molecule has 1 unspecified atom stereocenters. The number of rotatable bonds is 5. The van der Waals surface area contributed by atoms with Crippen molar-refractivity contribution in [2.75, 3.05) is 0 Å². The van der Waals surface area contributed by atoms with Crippen LogP contribution in [0.1, 0.15) is 12.0 Å². The third kappa shape index (κ3) is 4.03. The molecular formula is C12H10N4O6S. The first kappa shape index (κ1) is 16.4. The number of carboxylic acid groups (broad SMARTS) is 1. The number of nitrogens with zero attached hydrogens (tertiary/aromatic N) is 3. The van der Waals surface area contributed by atoms with Gasteiger partial charge in [0.15, 0.2) is 5.17 Å². The highest BCUT2D eigenvalue weighted by atomic mass is 32.2. The van der Waals surface area contributed by atoms with Gasteiger partial charge in [-0.3, -0.25) is 19.7 Å². The zero-order chi connectivity index (χ0) is 17.0. The molecule has 1 atom stereocenters. The number of carboxylic acids is 1. The zero-order valence-corrected chi connectivity index (χ0v) is 12.2. The number of thioether (sulfide) groups is 1. The normalized spacial score (nSPS) is 19.2. The molecule has 1 aromatic carbocycles. The van der Waals surface area contributed by atoms with E-state index in [-0.39, 0.29) is 17.2 Å². The Morgan fingerprint density at radius 1 is 1.52 bits per heavy atom. The van der Waals surface area contributed by atoms with Gasteiger partial charge in [-0.15, -0.1) is 5.10 Å². The number of phenols is 1. The maximum atomic E-state index is 11.5. The van der Waals surface area contributed by atoms with Gasteiger partial charge in [-0.1, -0.05) is 17.8 Å². The summed E-state index contributed by atoms with van der Waals surface area (Å²) in [5.74, 6) is -2.14. The third-order valence-corrected chi connectivity index (χ3v) is 3.80. The van der Waals surface area contributed by atoms with E-state index in [0.717, 1.165) is 24.0 Å². The van der Waals surface area contributed by atoms with E-state index in [1.165, 1.54) is 12.1 Å². The van der Waals surface area contributed by atoms with Crippen molar-refractivity contribution in [3.05, 3.63) is 33.9 Å². The maximum Gasteiger partial charge on any atom is 0.311 e. The molecule has 1 heterocycles. The van der Waals surface area contributed by atoms with Gasteiger partial charge in [0, 0.05) is 11.6 Å². The third-order valence-electron chi connectivity index (χ3n) is 2.72. The van der Waals surface area contributed by atoms with Crippen LogP contribution in [0.5, 0.6) is 5.75 Å². The van der Waals surface area contributed by atoms with Gasteiger partial charge >= 0.3 is 11.7 Å². The first-order valence-corrected chi connectivity index (χ1v) is 7.03. The number of amides is 1. The number of para-hydroxylation sites is 1. The van der Waals surface area contributed by atoms with Gasteiger partial charge in [0.2, 0.25) is 11.7 Å². The topological polar surface area (TPSA) is 154 Å². The maximum absolute atomic E-state index is 11.5. The van der Waals surface area contributed by atoms with Crippen LogP contribution in [0.3, 0.4) is 0 Å². The monoisotopic (exact) mass is 338 g/mol. The molecule has 120 valence electrons. The summed E-state index contributed by atoms with van der Waals surface area (Å²) >= 11 is 0.919. The Hall–Kier alpha value is -2.95.